The summed E-state index contributed by atoms with van der Waals surface area (Å²) in [6.45, 7) is 4.04. The molecular weight excluding hydrogens is 236 g/mol. The third kappa shape index (κ3) is 3.17. The third-order valence-electron chi connectivity index (χ3n) is 3.03. The van der Waals surface area contributed by atoms with Gasteiger partial charge in [-0.3, -0.25) is 4.79 Å². The van der Waals surface area contributed by atoms with Crippen LogP contribution in [0.3, 0.4) is 0 Å². The van der Waals surface area contributed by atoms with Crippen molar-refractivity contribution in [2.75, 3.05) is 39.0 Å². The Kier molecular flexibility index (Phi) is 3.96. The summed E-state index contributed by atoms with van der Waals surface area (Å²) in [6.07, 6.45) is 4.11. The Morgan fingerprint density at radius 3 is 2.88 bits per heavy atom. The second kappa shape index (κ2) is 5.46. The van der Waals surface area contributed by atoms with Crippen LogP contribution in [0.4, 0.5) is 5.13 Å². The van der Waals surface area contributed by atoms with Crippen LogP contribution in [0.25, 0.3) is 0 Å². The number of likely N-dealkylation sites (N-methyl/N-ethyl adjacent to an activating group) is 1. The van der Waals surface area contributed by atoms with Crippen LogP contribution in [-0.2, 0) is 0 Å². The van der Waals surface area contributed by atoms with Gasteiger partial charge in [0.2, 0.25) is 0 Å². The van der Waals surface area contributed by atoms with E-state index in [2.05, 4.69) is 9.88 Å². The van der Waals surface area contributed by atoms with Crippen molar-refractivity contribution in [2.45, 2.75) is 12.8 Å². The fourth-order valence-electron chi connectivity index (χ4n) is 1.97. The summed E-state index contributed by atoms with van der Waals surface area (Å²) in [4.78, 5) is 20.6. The van der Waals surface area contributed by atoms with E-state index in [9.17, 15) is 4.79 Å². The normalized spacial score (nSPS) is 16.3. The van der Waals surface area contributed by atoms with E-state index in [-0.39, 0.29) is 5.91 Å². The lowest BCUT2D eigenvalue weighted by atomic mass is 10.4. The predicted molar refractivity (Wildman–Crippen MR) is 69.2 cm³/mol. The molecule has 1 aromatic heterocycles. The topological polar surface area (TPSA) is 62.5 Å². The molecule has 2 rings (SSSR count). The van der Waals surface area contributed by atoms with Crippen LogP contribution in [0.1, 0.15) is 22.5 Å². The Morgan fingerprint density at radius 1 is 1.59 bits per heavy atom. The number of carbonyl (C=O) groups excluding carboxylic acids is 1. The van der Waals surface area contributed by atoms with Gasteiger partial charge in [-0.25, -0.2) is 4.98 Å². The molecule has 0 aromatic carbocycles. The van der Waals surface area contributed by atoms with E-state index in [1.807, 2.05) is 7.05 Å². The molecule has 6 heteroatoms. The van der Waals surface area contributed by atoms with E-state index >= 15 is 0 Å². The summed E-state index contributed by atoms with van der Waals surface area (Å²) >= 11 is 1.24. The Hall–Kier alpha value is -1.14. The standard InChI is InChI=1S/C11H18N4OS/c1-14(6-7-15-4-2-3-5-15)10(16)9-8-13-11(12)17-9/h8H,2-7H2,1H3,(H2,12,13). The quantitative estimate of drug-likeness (QED) is 0.867. The van der Waals surface area contributed by atoms with Gasteiger partial charge in [0.05, 0.1) is 6.20 Å². The maximum Gasteiger partial charge on any atom is 0.265 e. The van der Waals surface area contributed by atoms with Crippen molar-refractivity contribution >= 4 is 22.4 Å². The van der Waals surface area contributed by atoms with Crippen LogP contribution in [0, 0.1) is 0 Å². The number of rotatable bonds is 4. The Bertz CT molecular complexity index is 387. The second-order valence-electron chi connectivity index (χ2n) is 4.34. The number of nitrogen functional groups attached to an aromatic ring is 1. The molecule has 0 aliphatic carbocycles. The molecule has 1 aromatic rings. The number of hydrogen-bond acceptors (Lipinski definition) is 5. The largest absolute Gasteiger partial charge is 0.375 e. The molecule has 1 aliphatic rings. The van der Waals surface area contributed by atoms with E-state index in [1.54, 1.807) is 11.1 Å². The van der Waals surface area contributed by atoms with Gasteiger partial charge >= 0.3 is 0 Å². The van der Waals surface area contributed by atoms with Crippen molar-refractivity contribution < 1.29 is 4.79 Å². The molecule has 1 amide bonds. The molecule has 1 saturated heterocycles. The van der Waals surface area contributed by atoms with Gasteiger partial charge in [-0.15, -0.1) is 0 Å². The highest BCUT2D eigenvalue weighted by molar-refractivity contribution is 7.17. The van der Waals surface area contributed by atoms with Crippen LogP contribution in [-0.4, -0.2) is 53.9 Å². The molecule has 2 N–H and O–H groups in total. The molecule has 0 radical (unpaired) electrons. The highest BCUT2D eigenvalue weighted by atomic mass is 32.1. The fourth-order valence-corrected chi connectivity index (χ4v) is 2.65. The third-order valence-corrected chi connectivity index (χ3v) is 3.85. The van der Waals surface area contributed by atoms with Gasteiger partial charge in [0.1, 0.15) is 4.88 Å². The van der Waals surface area contributed by atoms with Gasteiger partial charge < -0.3 is 15.5 Å². The van der Waals surface area contributed by atoms with Crippen molar-refractivity contribution in [3.63, 3.8) is 0 Å². The van der Waals surface area contributed by atoms with Gasteiger partial charge in [-0.05, 0) is 25.9 Å². The highest BCUT2D eigenvalue weighted by Gasteiger charge is 2.17. The lowest BCUT2D eigenvalue weighted by molar-refractivity contribution is 0.0787. The second-order valence-corrected chi connectivity index (χ2v) is 5.40. The molecule has 5 nitrogen and oxygen atoms in total. The molecule has 0 spiro atoms. The van der Waals surface area contributed by atoms with Gasteiger partial charge in [0.15, 0.2) is 5.13 Å². The number of aromatic nitrogens is 1. The zero-order chi connectivity index (χ0) is 12.3. The zero-order valence-electron chi connectivity index (χ0n) is 10.1. The van der Waals surface area contributed by atoms with Gasteiger partial charge in [0, 0.05) is 20.1 Å². The maximum absolute atomic E-state index is 12.0. The first-order valence-electron chi connectivity index (χ1n) is 5.86. The first-order valence-corrected chi connectivity index (χ1v) is 6.67. The average Bonchev–Trinajstić information content (AvgIpc) is 2.95. The SMILES string of the molecule is CN(CCN1CCCC1)C(=O)c1cnc(N)s1. The summed E-state index contributed by atoms with van der Waals surface area (Å²) in [6, 6.07) is 0. The summed E-state index contributed by atoms with van der Waals surface area (Å²) < 4.78 is 0. The van der Waals surface area contributed by atoms with E-state index in [4.69, 9.17) is 5.73 Å². The first kappa shape index (κ1) is 12.3. The van der Waals surface area contributed by atoms with Crippen molar-refractivity contribution in [1.29, 1.82) is 0 Å². The molecule has 0 atom stereocenters. The number of likely N-dealkylation sites (tertiary alicyclic amines) is 1. The van der Waals surface area contributed by atoms with Crippen molar-refractivity contribution in [1.82, 2.24) is 14.8 Å². The number of amides is 1. The number of hydrogen-bond donors (Lipinski definition) is 1. The zero-order valence-corrected chi connectivity index (χ0v) is 10.9. The van der Waals surface area contributed by atoms with Crippen LogP contribution in [0.15, 0.2) is 6.20 Å². The van der Waals surface area contributed by atoms with Crippen molar-refractivity contribution in [3.05, 3.63) is 11.1 Å². The minimum absolute atomic E-state index is 0.0124. The lowest BCUT2D eigenvalue weighted by Crippen LogP contribution is -2.34. The van der Waals surface area contributed by atoms with Gasteiger partial charge in [-0.2, -0.15) is 0 Å². The van der Waals surface area contributed by atoms with Crippen LogP contribution in [0.5, 0.6) is 0 Å². The fraction of sp³-hybridized carbons (Fsp3) is 0.636. The molecule has 1 fully saturated rings. The number of anilines is 1. The Balaban J connectivity index is 1.82. The smallest absolute Gasteiger partial charge is 0.265 e. The minimum Gasteiger partial charge on any atom is -0.375 e. The van der Waals surface area contributed by atoms with Crippen molar-refractivity contribution in [3.8, 4) is 0 Å². The maximum atomic E-state index is 12.0. The number of carbonyl (C=O) groups is 1. The van der Waals surface area contributed by atoms with Gasteiger partial charge in [0.25, 0.3) is 5.91 Å². The molecule has 1 aliphatic heterocycles. The molecule has 94 valence electrons. The molecule has 2 heterocycles. The van der Waals surface area contributed by atoms with Gasteiger partial charge in [-0.1, -0.05) is 11.3 Å². The van der Waals surface area contributed by atoms with E-state index in [0.717, 1.165) is 26.2 Å². The lowest BCUT2D eigenvalue weighted by Gasteiger charge is -2.20. The summed E-state index contributed by atoms with van der Waals surface area (Å²) in [5, 5.41) is 0.446. The Labute approximate surface area is 105 Å². The summed E-state index contributed by atoms with van der Waals surface area (Å²) in [5.74, 6) is 0.0124. The molecule has 17 heavy (non-hydrogen) atoms. The number of nitrogens with two attached hydrogens (primary N) is 1. The van der Waals surface area contributed by atoms with E-state index in [1.165, 1.54) is 24.2 Å². The molecular formula is C11H18N4OS. The predicted octanol–water partition coefficient (Wildman–Crippen LogP) is 0.893. The van der Waals surface area contributed by atoms with E-state index < -0.39 is 0 Å². The van der Waals surface area contributed by atoms with Crippen LogP contribution >= 0.6 is 11.3 Å². The Morgan fingerprint density at radius 2 is 2.29 bits per heavy atom. The van der Waals surface area contributed by atoms with Crippen LogP contribution in [0.2, 0.25) is 0 Å². The number of thiazole rings is 1. The molecule has 0 saturated carbocycles. The summed E-state index contributed by atoms with van der Waals surface area (Å²) in [5.41, 5.74) is 5.52. The van der Waals surface area contributed by atoms with Crippen molar-refractivity contribution in [2.24, 2.45) is 0 Å². The van der Waals surface area contributed by atoms with Crippen LogP contribution < -0.4 is 5.73 Å². The monoisotopic (exact) mass is 254 g/mol. The van der Waals surface area contributed by atoms with E-state index in [0.29, 0.717) is 10.0 Å². The number of nitrogens with zero attached hydrogens (tertiary/aromatic N) is 3. The average molecular weight is 254 g/mol. The molecule has 0 unspecified atom stereocenters. The minimum atomic E-state index is 0.0124. The highest BCUT2D eigenvalue weighted by Crippen LogP contribution is 2.16. The first-order chi connectivity index (χ1) is 8.16. The summed E-state index contributed by atoms with van der Waals surface area (Å²) in [7, 11) is 1.83. The molecule has 0 bridgehead atoms.